The zero-order valence-electron chi connectivity index (χ0n) is 44.3. The van der Waals surface area contributed by atoms with E-state index in [9.17, 15) is 5.11 Å². The molecule has 0 radical (unpaired) electrons. The lowest BCUT2D eigenvalue weighted by Crippen LogP contribution is -2.16. The van der Waals surface area contributed by atoms with Gasteiger partial charge < -0.3 is 99.8 Å². The molecule has 2 heterocycles. The number of fused-ring (bicyclic) bond motifs is 2. The summed E-state index contributed by atoms with van der Waals surface area (Å²) in [6, 6.07) is 21.9. The van der Waals surface area contributed by atoms with Crippen LogP contribution in [0.3, 0.4) is 0 Å². The highest BCUT2D eigenvalue weighted by atomic mass is 16.7. The van der Waals surface area contributed by atoms with Gasteiger partial charge in [-0.3, -0.25) is 0 Å². The van der Waals surface area contributed by atoms with Crippen LogP contribution in [0, 0.1) is 0 Å². The molecule has 0 aromatic heterocycles. The number of aromatic hydroxyl groups is 1. The first-order chi connectivity index (χ1) is 37.7. The van der Waals surface area contributed by atoms with Gasteiger partial charge in [-0.2, -0.15) is 0 Å². The molecule has 3 aromatic rings. The molecule has 3 aromatic carbocycles. The first kappa shape index (κ1) is 63.6. The van der Waals surface area contributed by atoms with Gasteiger partial charge in [-0.25, -0.2) is 0 Å². The van der Waals surface area contributed by atoms with E-state index in [1.165, 1.54) is 0 Å². The molecular formula is C55H82O21. The number of allylic oxidation sites excluding steroid dienone is 2. The van der Waals surface area contributed by atoms with Crippen LogP contribution >= 0.6 is 0 Å². The first-order valence-electron chi connectivity index (χ1n) is 25.9. The topological polar surface area (TPSA) is 205 Å². The summed E-state index contributed by atoms with van der Waals surface area (Å²) in [6.45, 7) is 14.4. The molecule has 21 nitrogen and oxygen atoms in total. The van der Waals surface area contributed by atoms with E-state index in [4.69, 9.17) is 94.7 Å². The minimum atomic E-state index is 0.112. The molecule has 1 N–H and O–H groups in total. The molecule has 0 unspecified atom stereocenters. The van der Waals surface area contributed by atoms with Crippen LogP contribution in [0.1, 0.15) is 12.8 Å². The normalized spacial score (nSPS) is 18.1. The molecule has 0 saturated carbocycles. The molecular weight excluding hydrogens is 997 g/mol. The van der Waals surface area contributed by atoms with Crippen molar-refractivity contribution < 1.29 is 99.8 Å². The number of rotatable bonds is 13. The van der Waals surface area contributed by atoms with E-state index in [2.05, 4.69) is 0 Å². The van der Waals surface area contributed by atoms with Crippen molar-refractivity contribution in [2.45, 2.75) is 12.8 Å². The van der Waals surface area contributed by atoms with E-state index in [1.807, 2.05) is 60.7 Å². The third-order valence-electron chi connectivity index (χ3n) is 10.0. The summed E-state index contributed by atoms with van der Waals surface area (Å²) in [4.78, 5) is 0. The second-order valence-electron chi connectivity index (χ2n) is 15.8. The second-order valence-corrected chi connectivity index (χ2v) is 15.8. The van der Waals surface area contributed by atoms with Gasteiger partial charge in [0.25, 0.3) is 0 Å². The Hall–Kier alpha value is -4.98. The van der Waals surface area contributed by atoms with Gasteiger partial charge in [0.2, 0.25) is 0 Å². The molecule has 76 heavy (non-hydrogen) atoms. The van der Waals surface area contributed by atoms with Crippen LogP contribution in [-0.4, -0.2) is 211 Å². The summed E-state index contributed by atoms with van der Waals surface area (Å²) in [6.07, 6.45) is 5.79. The highest BCUT2D eigenvalue weighted by molar-refractivity contribution is 5.40. The van der Waals surface area contributed by atoms with Gasteiger partial charge >= 0.3 is 0 Å². The van der Waals surface area contributed by atoms with Crippen LogP contribution in [0.25, 0.3) is 0 Å². The molecule has 2 aliphatic heterocycles. The molecule has 1 fully saturated rings. The average Bonchev–Trinajstić information content (AvgIpc) is 3.44. The highest BCUT2D eigenvalue weighted by Gasteiger charge is 2.13. The van der Waals surface area contributed by atoms with Gasteiger partial charge in [0, 0.05) is 7.11 Å². The molecule has 3 aliphatic rings. The molecule has 0 atom stereocenters. The van der Waals surface area contributed by atoms with E-state index in [0.717, 1.165) is 12.8 Å². The Kier molecular flexibility index (Phi) is 38.6. The van der Waals surface area contributed by atoms with Crippen molar-refractivity contribution in [3.8, 4) is 34.5 Å². The lowest BCUT2D eigenvalue weighted by molar-refractivity contribution is -0.105. The molecule has 1 saturated heterocycles. The Morgan fingerprint density at radius 3 is 1.01 bits per heavy atom. The van der Waals surface area contributed by atoms with Crippen LogP contribution in [0.5, 0.6) is 34.5 Å². The fourth-order valence-corrected chi connectivity index (χ4v) is 6.40. The predicted octanol–water partition coefficient (Wildman–Crippen LogP) is 6.04. The summed E-state index contributed by atoms with van der Waals surface area (Å²) in [7, 11) is 1.56. The van der Waals surface area contributed by atoms with E-state index in [-0.39, 0.29) is 19.3 Å². The number of phenolic OH excluding ortho intramolecular Hbond substituents is 1. The zero-order valence-corrected chi connectivity index (χ0v) is 44.3. The van der Waals surface area contributed by atoms with Crippen LogP contribution in [0.15, 0.2) is 96.5 Å². The Balaban J connectivity index is 0.000000256. The van der Waals surface area contributed by atoms with Gasteiger partial charge in [-0.05, 0) is 61.4 Å². The van der Waals surface area contributed by atoms with Crippen LogP contribution < -0.4 is 23.7 Å². The van der Waals surface area contributed by atoms with E-state index >= 15 is 0 Å². The van der Waals surface area contributed by atoms with Crippen molar-refractivity contribution in [3.63, 3.8) is 0 Å². The number of para-hydroxylation sites is 6. The summed E-state index contributed by atoms with van der Waals surface area (Å²) in [5.41, 5.74) is 0. The second kappa shape index (κ2) is 46.1. The van der Waals surface area contributed by atoms with Crippen molar-refractivity contribution in [2.24, 2.45) is 0 Å². The molecule has 0 amide bonds. The standard InChI is InChI=1S/C24H32O8.C19H26O7.C12H24O6/c1-2-6-22-21(5-1)29-17-13-25-9-10-27-15-19-31-23-7-3-4-8-24(23)32-20-16-28-12-11-26-14-18-30-22;1-21-14-23-15-26-19-9-5-4-8-18(19)25-13-11-22-10-12-24-17-7-3-2-6-16(17)20;1-2-14-5-6-16-9-10-18-12-11-17-8-7-15-4-3-13-1/h1-8H,9-20H2;2-3,6-9,20H,4-5,10-15H2,1H3;1-12H2. The number of phenols is 1. The monoisotopic (exact) mass is 1080 g/mol. The Morgan fingerprint density at radius 2 is 0.658 bits per heavy atom. The fourth-order valence-electron chi connectivity index (χ4n) is 6.40. The Labute approximate surface area is 448 Å². The fraction of sp³-hybridized carbons (Fsp3) is 0.600. The summed E-state index contributed by atoms with van der Waals surface area (Å²) in [5, 5.41) is 9.59. The number of hydrogen-bond acceptors (Lipinski definition) is 21. The van der Waals surface area contributed by atoms with E-state index in [1.54, 1.807) is 31.4 Å². The molecule has 0 bridgehead atoms. The highest BCUT2D eigenvalue weighted by Crippen LogP contribution is 2.28. The zero-order chi connectivity index (χ0) is 53.3. The van der Waals surface area contributed by atoms with Crippen molar-refractivity contribution in [1.82, 2.24) is 0 Å². The smallest absolute Gasteiger partial charge is 0.191 e. The maximum absolute atomic E-state index is 9.59. The molecule has 6 rings (SSSR count). The van der Waals surface area contributed by atoms with Crippen molar-refractivity contribution in [1.29, 1.82) is 0 Å². The average molecular weight is 1080 g/mol. The van der Waals surface area contributed by atoms with Gasteiger partial charge in [-0.15, -0.1) is 0 Å². The van der Waals surface area contributed by atoms with Gasteiger partial charge in [-0.1, -0.05) is 36.4 Å². The maximum Gasteiger partial charge on any atom is 0.191 e. The molecule has 0 spiro atoms. The lowest BCUT2D eigenvalue weighted by Gasteiger charge is -2.18. The predicted molar refractivity (Wildman–Crippen MR) is 278 cm³/mol. The van der Waals surface area contributed by atoms with E-state index in [0.29, 0.717) is 225 Å². The number of hydrogen-bond donors (Lipinski definition) is 1. The van der Waals surface area contributed by atoms with Gasteiger partial charge in [0.15, 0.2) is 52.8 Å². The van der Waals surface area contributed by atoms with Crippen LogP contribution in [0.2, 0.25) is 0 Å². The van der Waals surface area contributed by atoms with Crippen molar-refractivity contribution >= 4 is 0 Å². The minimum absolute atomic E-state index is 0.112. The third kappa shape index (κ3) is 32.6. The minimum Gasteiger partial charge on any atom is -0.504 e. The Bertz CT molecular complexity index is 1680. The molecule has 21 heteroatoms. The third-order valence-corrected chi connectivity index (χ3v) is 10.0. The van der Waals surface area contributed by atoms with Crippen molar-refractivity contribution in [2.75, 3.05) is 206 Å². The van der Waals surface area contributed by atoms with Gasteiger partial charge in [0.05, 0.1) is 145 Å². The largest absolute Gasteiger partial charge is 0.504 e. The summed E-state index contributed by atoms with van der Waals surface area (Å²) in [5.74, 6) is 4.67. The number of benzene rings is 3. The van der Waals surface area contributed by atoms with Crippen molar-refractivity contribution in [3.05, 3.63) is 96.5 Å². The number of methoxy groups -OCH3 is 1. The van der Waals surface area contributed by atoms with E-state index < -0.39 is 0 Å². The van der Waals surface area contributed by atoms with Gasteiger partial charge in [0.1, 0.15) is 46.4 Å². The molecule has 428 valence electrons. The SMILES string of the molecule is C1COCCOCCOCCOCCOCCO1.COCOCOC1=CCCC=C1OCCOCCOc1ccccc1O.c1ccc2c(c1)OCCOCCOCCOc1ccccc1OCCOCCOCCO2. The number of ether oxygens (including phenoxy) is 20. The first-order valence-corrected chi connectivity index (χ1v) is 25.9. The van der Waals surface area contributed by atoms with Crippen LogP contribution in [-0.2, 0) is 71.1 Å². The van der Waals surface area contributed by atoms with Crippen LogP contribution in [0.4, 0.5) is 0 Å². The molecule has 1 aliphatic carbocycles. The Morgan fingerprint density at radius 1 is 0.342 bits per heavy atom. The lowest BCUT2D eigenvalue weighted by atomic mass is 10.1. The summed E-state index contributed by atoms with van der Waals surface area (Å²) < 4.78 is 109. The summed E-state index contributed by atoms with van der Waals surface area (Å²) >= 11 is 0. The quantitative estimate of drug-likeness (QED) is 0.153. The maximum atomic E-state index is 9.59.